The van der Waals surface area contributed by atoms with E-state index in [9.17, 15) is 19.7 Å². The van der Waals surface area contributed by atoms with Gasteiger partial charge in [-0.25, -0.2) is 9.48 Å². The van der Waals surface area contributed by atoms with E-state index in [2.05, 4.69) is 15.7 Å². The van der Waals surface area contributed by atoms with Crippen molar-refractivity contribution < 1.29 is 14.5 Å². The Morgan fingerprint density at radius 2 is 1.74 bits per heavy atom. The first-order valence-corrected chi connectivity index (χ1v) is 12.8. The predicted molar refractivity (Wildman–Crippen MR) is 150 cm³/mol. The number of aromatic nitrogens is 2. The number of hydrogen-bond donors (Lipinski definition) is 2. The first-order chi connectivity index (χ1) is 17.9. The van der Waals surface area contributed by atoms with Crippen LogP contribution in [-0.4, -0.2) is 44.6 Å². The average Bonchev–Trinajstić information content (AvgIpc) is 3.28. The summed E-state index contributed by atoms with van der Waals surface area (Å²) in [4.78, 5) is 37.9. The van der Waals surface area contributed by atoms with Crippen LogP contribution in [0, 0.1) is 10.1 Å². The molecule has 3 aromatic rings. The Hall–Kier alpha value is -3.63. The van der Waals surface area contributed by atoms with Crippen LogP contribution in [0.2, 0.25) is 10.0 Å². The SMILES string of the molecule is CCCCN(CC(=O)Nc1cc(C(C)(C)C)nn1-c1ccc(Cl)c(Cl)c1)C(=O)Nc1ccc([N+](=O)[O-])cc1. The summed E-state index contributed by atoms with van der Waals surface area (Å²) in [5.41, 5.74) is 1.37. The minimum Gasteiger partial charge on any atom is -0.315 e. The van der Waals surface area contributed by atoms with Gasteiger partial charge < -0.3 is 15.5 Å². The largest absolute Gasteiger partial charge is 0.322 e. The lowest BCUT2D eigenvalue weighted by Crippen LogP contribution is -2.41. The van der Waals surface area contributed by atoms with E-state index in [-0.39, 0.29) is 17.6 Å². The predicted octanol–water partition coefficient (Wildman–Crippen LogP) is 6.66. The second kappa shape index (κ2) is 12.3. The molecule has 202 valence electrons. The number of non-ortho nitro benzene ring substituents is 1. The molecular formula is C26H30Cl2N6O4. The van der Waals surface area contributed by atoms with Crippen LogP contribution in [-0.2, 0) is 10.2 Å². The maximum atomic E-state index is 13.1. The lowest BCUT2D eigenvalue weighted by molar-refractivity contribution is -0.384. The number of halogens is 2. The highest BCUT2D eigenvalue weighted by Gasteiger charge is 2.23. The van der Waals surface area contributed by atoms with Crippen LogP contribution in [0.4, 0.5) is 22.0 Å². The number of nitro benzene ring substituents is 1. The Labute approximate surface area is 231 Å². The van der Waals surface area contributed by atoms with Crippen molar-refractivity contribution in [2.75, 3.05) is 23.7 Å². The molecule has 3 rings (SSSR count). The lowest BCUT2D eigenvalue weighted by Gasteiger charge is -2.22. The van der Waals surface area contributed by atoms with E-state index < -0.39 is 16.9 Å². The van der Waals surface area contributed by atoms with Gasteiger partial charge in [-0.15, -0.1) is 0 Å². The molecule has 0 fully saturated rings. The quantitative estimate of drug-likeness (QED) is 0.224. The highest BCUT2D eigenvalue weighted by molar-refractivity contribution is 6.42. The van der Waals surface area contributed by atoms with Crippen molar-refractivity contribution in [2.24, 2.45) is 0 Å². The van der Waals surface area contributed by atoms with Crippen molar-refractivity contribution >= 4 is 52.3 Å². The maximum Gasteiger partial charge on any atom is 0.322 e. The topological polar surface area (TPSA) is 122 Å². The number of nitro groups is 1. The number of carbonyl (C=O) groups is 2. The molecule has 0 unspecified atom stereocenters. The standard InChI is InChI=1S/C26H30Cl2N6O4/c1-5-6-13-32(25(36)29-17-7-9-18(10-8-17)34(37)38)16-24(35)30-23-15-22(26(2,3)4)31-33(23)19-11-12-20(27)21(28)14-19/h7-12,14-15H,5-6,13,16H2,1-4H3,(H,29,36)(H,30,35). The van der Waals surface area contributed by atoms with Crippen LogP contribution in [0.1, 0.15) is 46.2 Å². The van der Waals surface area contributed by atoms with Crippen LogP contribution < -0.4 is 10.6 Å². The number of anilines is 2. The summed E-state index contributed by atoms with van der Waals surface area (Å²) in [7, 11) is 0. The van der Waals surface area contributed by atoms with Gasteiger partial charge in [0.25, 0.3) is 5.69 Å². The smallest absolute Gasteiger partial charge is 0.315 e. The Balaban J connectivity index is 1.81. The molecule has 1 heterocycles. The zero-order valence-corrected chi connectivity index (χ0v) is 23.1. The summed E-state index contributed by atoms with van der Waals surface area (Å²) in [5.74, 6) is 0.00570. The van der Waals surface area contributed by atoms with E-state index in [0.29, 0.717) is 40.2 Å². The fourth-order valence-electron chi connectivity index (χ4n) is 3.48. The van der Waals surface area contributed by atoms with E-state index in [1.807, 2.05) is 27.7 Å². The minimum atomic E-state index is -0.517. The molecule has 0 bridgehead atoms. The molecule has 0 aliphatic carbocycles. The van der Waals surface area contributed by atoms with Gasteiger partial charge in [-0.2, -0.15) is 5.10 Å². The van der Waals surface area contributed by atoms with Gasteiger partial charge in [0.15, 0.2) is 0 Å². The van der Waals surface area contributed by atoms with Crippen molar-refractivity contribution in [3.8, 4) is 5.69 Å². The van der Waals surface area contributed by atoms with Gasteiger partial charge in [-0.3, -0.25) is 14.9 Å². The van der Waals surface area contributed by atoms with Gasteiger partial charge in [-0.1, -0.05) is 57.3 Å². The van der Waals surface area contributed by atoms with Crippen LogP contribution in [0.15, 0.2) is 48.5 Å². The number of urea groups is 1. The third-order valence-corrected chi connectivity index (χ3v) is 6.36. The molecule has 0 saturated carbocycles. The lowest BCUT2D eigenvalue weighted by atomic mass is 9.92. The van der Waals surface area contributed by atoms with Crippen molar-refractivity contribution in [3.05, 3.63) is 74.4 Å². The van der Waals surface area contributed by atoms with Crippen LogP contribution in [0.3, 0.4) is 0 Å². The Bertz CT molecular complexity index is 1320. The number of unbranched alkanes of at least 4 members (excludes halogenated alkanes) is 1. The summed E-state index contributed by atoms with van der Waals surface area (Å²) in [6.45, 7) is 8.15. The zero-order chi connectivity index (χ0) is 28.0. The normalized spacial score (nSPS) is 11.2. The van der Waals surface area contributed by atoms with Gasteiger partial charge >= 0.3 is 6.03 Å². The number of nitrogens with one attached hydrogen (secondary N) is 2. The molecule has 0 aliphatic heterocycles. The van der Waals surface area contributed by atoms with Gasteiger partial charge in [0.2, 0.25) is 5.91 Å². The average molecular weight is 561 g/mol. The number of rotatable bonds is 9. The second-order valence-corrected chi connectivity index (χ2v) is 10.5. The molecule has 1 aromatic heterocycles. The van der Waals surface area contributed by atoms with Crippen molar-refractivity contribution in [3.63, 3.8) is 0 Å². The minimum absolute atomic E-state index is 0.0848. The summed E-state index contributed by atoms with van der Waals surface area (Å²) >= 11 is 12.3. The monoisotopic (exact) mass is 560 g/mol. The van der Waals surface area contributed by atoms with E-state index in [1.165, 1.54) is 29.2 Å². The molecular weight excluding hydrogens is 531 g/mol. The summed E-state index contributed by atoms with van der Waals surface area (Å²) in [6, 6.07) is 11.8. The van der Waals surface area contributed by atoms with Crippen molar-refractivity contribution in [1.29, 1.82) is 0 Å². The van der Waals surface area contributed by atoms with Gasteiger partial charge in [0.1, 0.15) is 12.4 Å². The molecule has 2 N–H and O–H groups in total. The molecule has 0 saturated heterocycles. The summed E-state index contributed by atoms with van der Waals surface area (Å²) in [5, 5.41) is 21.9. The fraction of sp³-hybridized carbons (Fsp3) is 0.346. The van der Waals surface area contributed by atoms with E-state index in [0.717, 1.165) is 12.1 Å². The van der Waals surface area contributed by atoms with Crippen LogP contribution in [0.25, 0.3) is 5.69 Å². The molecule has 2 aromatic carbocycles. The zero-order valence-electron chi connectivity index (χ0n) is 21.6. The third kappa shape index (κ3) is 7.45. The second-order valence-electron chi connectivity index (χ2n) is 9.73. The molecule has 12 heteroatoms. The van der Waals surface area contributed by atoms with Crippen LogP contribution >= 0.6 is 23.2 Å². The molecule has 0 atom stereocenters. The molecule has 0 aliphatic rings. The van der Waals surface area contributed by atoms with Gasteiger partial charge in [0.05, 0.1) is 26.3 Å². The van der Waals surface area contributed by atoms with Gasteiger partial charge in [-0.05, 0) is 36.8 Å². The van der Waals surface area contributed by atoms with Gasteiger partial charge in [0, 0.05) is 35.8 Å². The number of hydrogen-bond acceptors (Lipinski definition) is 5. The van der Waals surface area contributed by atoms with E-state index in [1.54, 1.807) is 28.9 Å². The van der Waals surface area contributed by atoms with E-state index in [4.69, 9.17) is 23.2 Å². The number of carbonyl (C=O) groups excluding carboxylic acids is 2. The fourth-order valence-corrected chi connectivity index (χ4v) is 3.77. The third-order valence-electron chi connectivity index (χ3n) is 5.63. The summed E-state index contributed by atoms with van der Waals surface area (Å²) < 4.78 is 1.58. The first-order valence-electron chi connectivity index (χ1n) is 12.0. The molecule has 0 radical (unpaired) electrons. The molecule has 38 heavy (non-hydrogen) atoms. The maximum absolute atomic E-state index is 13.1. The molecule has 10 nitrogen and oxygen atoms in total. The highest BCUT2D eigenvalue weighted by atomic mass is 35.5. The molecule has 3 amide bonds. The Morgan fingerprint density at radius 3 is 2.32 bits per heavy atom. The summed E-state index contributed by atoms with van der Waals surface area (Å²) in [6.07, 6.45) is 1.51. The van der Waals surface area contributed by atoms with Crippen molar-refractivity contribution in [1.82, 2.24) is 14.7 Å². The Morgan fingerprint density at radius 1 is 1.05 bits per heavy atom. The van der Waals surface area contributed by atoms with Crippen molar-refractivity contribution in [2.45, 2.75) is 46.0 Å². The Kier molecular flexibility index (Phi) is 9.35. The highest BCUT2D eigenvalue weighted by Crippen LogP contribution is 2.29. The number of nitrogens with zero attached hydrogens (tertiary/aromatic N) is 4. The van der Waals surface area contributed by atoms with Crippen LogP contribution in [0.5, 0.6) is 0 Å². The number of benzene rings is 2. The number of amides is 3. The van der Waals surface area contributed by atoms with E-state index >= 15 is 0 Å². The first kappa shape index (κ1) is 28.9. The molecule has 0 spiro atoms.